The Kier molecular flexibility index (Phi) is 2.97. The molecule has 0 fully saturated rings. The van der Waals surface area contributed by atoms with E-state index in [1.165, 1.54) is 17.2 Å². The first-order valence-corrected chi connectivity index (χ1v) is 5.41. The Bertz CT molecular complexity index is 620. The lowest BCUT2D eigenvalue weighted by Crippen LogP contribution is -2.25. The monoisotopic (exact) mass is 248 g/mol. The van der Waals surface area contributed by atoms with Gasteiger partial charge in [0.15, 0.2) is 0 Å². The molecule has 18 heavy (non-hydrogen) atoms. The molecule has 94 valence electrons. The van der Waals surface area contributed by atoms with Gasteiger partial charge in [-0.3, -0.25) is 14.9 Å². The first-order valence-electron chi connectivity index (χ1n) is 5.41. The molecule has 2 rings (SSSR count). The molecule has 0 aliphatic rings. The van der Waals surface area contributed by atoms with Gasteiger partial charge in [0.05, 0.1) is 10.5 Å². The Balaban J connectivity index is 2.55. The number of nitro groups is 1. The predicted octanol–water partition coefficient (Wildman–Crippen LogP) is 1.56. The number of aromatic amines is 1. The summed E-state index contributed by atoms with van der Waals surface area (Å²) in [6.07, 6.45) is 2.69. The van der Waals surface area contributed by atoms with Crippen molar-refractivity contribution in [3.63, 3.8) is 0 Å². The van der Waals surface area contributed by atoms with Crippen molar-refractivity contribution in [3.05, 3.63) is 34.1 Å². The first-order chi connectivity index (χ1) is 8.54. The third-order valence-corrected chi connectivity index (χ3v) is 2.78. The van der Waals surface area contributed by atoms with Crippen LogP contribution in [0.15, 0.2) is 18.5 Å². The van der Waals surface area contributed by atoms with Crippen LogP contribution in [0.2, 0.25) is 0 Å². The van der Waals surface area contributed by atoms with Crippen LogP contribution in [-0.4, -0.2) is 39.3 Å². The molecule has 0 saturated carbocycles. The highest BCUT2D eigenvalue weighted by Gasteiger charge is 2.18. The zero-order chi connectivity index (χ0) is 13.3. The second kappa shape index (κ2) is 4.44. The van der Waals surface area contributed by atoms with Gasteiger partial charge >= 0.3 is 0 Å². The number of rotatable bonds is 3. The summed E-state index contributed by atoms with van der Waals surface area (Å²) in [5.41, 5.74) is 0.731. The molecular formula is C11H12N4O3. The van der Waals surface area contributed by atoms with Crippen molar-refractivity contribution in [1.29, 1.82) is 0 Å². The summed E-state index contributed by atoms with van der Waals surface area (Å²) in [4.78, 5) is 30.5. The number of pyridine rings is 1. The normalized spacial score (nSPS) is 10.6. The van der Waals surface area contributed by atoms with Gasteiger partial charge in [-0.05, 0) is 6.92 Å². The minimum atomic E-state index is -0.531. The maximum atomic E-state index is 12.0. The van der Waals surface area contributed by atoms with E-state index in [0.29, 0.717) is 23.1 Å². The van der Waals surface area contributed by atoms with Gasteiger partial charge in [-0.1, -0.05) is 0 Å². The number of aromatic nitrogens is 2. The molecule has 0 radical (unpaired) electrons. The fourth-order valence-electron chi connectivity index (χ4n) is 1.62. The highest BCUT2D eigenvalue weighted by atomic mass is 16.6. The van der Waals surface area contributed by atoms with Gasteiger partial charge in [0.1, 0.15) is 11.8 Å². The van der Waals surface area contributed by atoms with Crippen molar-refractivity contribution in [2.45, 2.75) is 6.92 Å². The van der Waals surface area contributed by atoms with Crippen LogP contribution in [-0.2, 0) is 0 Å². The van der Waals surface area contributed by atoms with E-state index in [4.69, 9.17) is 0 Å². The second-order valence-corrected chi connectivity index (χ2v) is 3.87. The van der Waals surface area contributed by atoms with Gasteiger partial charge in [-0.2, -0.15) is 0 Å². The molecule has 0 aliphatic carbocycles. The van der Waals surface area contributed by atoms with E-state index < -0.39 is 4.92 Å². The van der Waals surface area contributed by atoms with Gasteiger partial charge in [0.25, 0.3) is 11.6 Å². The molecule has 0 bridgehead atoms. The molecule has 2 aromatic rings. The number of hydrogen-bond donors (Lipinski definition) is 1. The van der Waals surface area contributed by atoms with Crippen LogP contribution >= 0.6 is 0 Å². The number of fused-ring (bicyclic) bond motifs is 1. The quantitative estimate of drug-likeness (QED) is 0.659. The van der Waals surface area contributed by atoms with Crippen molar-refractivity contribution in [1.82, 2.24) is 14.9 Å². The van der Waals surface area contributed by atoms with Crippen LogP contribution in [0, 0.1) is 10.1 Å². The third kappa shape index (κ3) is 1.90. The molecule has 0 atom stereocenters. The van der Waals surface area contributed by atoms with E-state index in [0.717, 1.165) is 6.20 Å². The summed E-state index contributed by atoms with van der Waals surface area (Å²) in [6, 6.07) is 1.36. The minimum absolute atomic E-state index is 0.129. The first kappa shape index (κ1) is 12.0. The third-order valence-electron chi connectivity index (χ3n) is 2.78. The molecular weight excluding hydrogens is 236 g/mol. The summed E-state index contributed by atoms with van der Waals surface area (Å²) in [7, 11) is 1.67. The smallest absolute Gasteiger partial charge is 0.288 e. The standard InChI is InChI=1S/C11H12N4O3/c1-3-14(2)11(16)9-6-13-10-8(9)4-7(5-12-10)15(17)18/h4-6H,3H2,1-2H3,(H,12,13). The van der Waals surface area contributed by atoms with E-state index >= 15 is 0 Å². The number of carbonyl (C=O) groups is 1. The fourth-order valence-corrected chi connectivity index (χ4v) is 1.62. The minimum Gasteiger partial charge on any atom is -0.345 e. The predicted molar refractivity (Wildman–Crippen MR) is 65.4 cm³/mol. The van der Waals surface area contributed by atoms with Gasteiger partial charge in [0, 0.05) is 31.2 Å². The van der Waals surface area contributed by atoms with E-state index in [2.05, 4.69) is 9.97 Å². The molecule has 7 heteroatoms. The second-order valence-electron chi connectivity index (χ2n) is 3.87. The number of nitrogens with one attached hydrogen (secondary N) is 1. The highest BCUT2D eigenvalue weighted by molar-refractivity contribution is 6.06. The van der Waals surface area contributed by atoms with Crippen molar-refractivity contribution in [3.8, 4) is 0 Å². The number of nitrogens with zero attached hydrogens (tertiary/aromatic N) is 3. The van der Waals surface area contributed by atoms with Crippen LogP contribution < -0.4 is 0 Å². The maximum Gasteiger partial charge on any atom is 0.288 e. The molecule has 0 aliphatic heterocycles. The SMILES string of the molecule is CCN(C)C(=O)c1c[nH]c2ncc([N+](=O)[O-])cc12. The molecule has 0 spiro atoms. The fraction of sp³-hybridized carbons (Fsp3) is 0.273. The van der Waals surface area contributed by atoms with E-state index in [1.54, 1.807) is 7.05 Å². The van der Waals surface area contributed by atoms with Crippen LogP contribution in [0.1, 0.15) is 17.3 Å². The summed E-state index contributed by atoms with van der Waals surface area (Å²) in [5.74, 6) is -0.189. The molecule has 2 aromatic heterocycles. The summed E-state index contributed by atoms with van der Waals surface area (Å²) in [5, 5.41) is 11.2. The van der Waals surface area contributed by atoms with Crippen LogP contribution in [0.4, 0.5) is 5.69 Å². The highest BCUT2D eigenvalue weighted by Crippen LogP contribution is 2.22. The summed E-state index contributed by atoms with van der Waals surface area (Å²) in [6.45, 7) is 2.42. The van der Waals surface area contributed by atoms with Crippen molar-refractivity contribution < 1.29 is 9.72 Å². The van der Waals surface area contributed by atoms with Crippen molar-refractivity contribution in [2.75, 3.05) is 13.6 Å². The van der Waals surface area contributed by atoms with Crippen LogP contribution in [0.25, 0.3) is 11.0 Å². The topological polar surface area (TPSA) is 92.1 Å². The van der Waals surface area contributed by atoms with E-state index in [9.17, 15) is 14.9 Å². The molecule has 0 aromatic carbocycles. The van der Waals surface area contributed by atoms with Gasteiger partial charge in [-0.15, -0.1) is 0 Å². The molecule has 2 heterocycles. The van der Waals surface area contributed by atoms with Gasteiger partial charge in [-0.25, -0.2) is 4.98 Å². The zero-order valence-electron chi connectivity index (χ0n) is 10.0. The average molecular weight is 248 g/mol. The Morgan fingerprint density at radius 2 is 2.33 bits per heavy atom. The molecule has 7 nitrogen and oxygen atoms in total. The average Bonchev–Trinajstić information content (AvgIpc) is 2.79. The van der Waals surface area contributed by atoms with Crippen LogP contribution in [0.3, 0.4) is 0 Å². The van der Waals surface area contributed by atoms with E-state index in [-0.39, 0.29) is 11.6 Å². The largest absolute Gasteiger partial charge is 0.345 e. The van der Waals surface area contributed by atoms with Crippen molar-refractivity contribution in [2.24, 2.45) is 0 Å². The van der Waals surface area contributed by atoms with Gasteiger partial charge < -0.3 is 9.88 Å². The summed E-state index contributed by atoms with van der Waals surface area (Å²) < 4.78 is 0. The maximum absolute atomic E-state index is 12.0. The molecule has 1 amide bonds. The Labute approximate surface area is 103 Å². The van der Waals surface area contributed by atoms with Crippen molar-refractivity contribution >= 4 is 22.6 Å². The molecule has 0 saturated heterocycles. The summed E-state index contributed by atoms with van der Waals surface area (Å²) >= 11 is 0. The lowest BCUT2D eigenvalue weighted by atomic mass is 10.2. The van der Waals surface area contributed by atoms with Gasteiger partial charge in [0.2, 0.25) is 0 Å². The Morgan fingerprint density at radius 3 is 2.94 bits per heavy atom. The van der Waals surface area contributed by atoms with E-state index in [1.807, 2.05) is 6.92 Å². The number of hydrogen-bond acceptors (Lipinski definition) is 4. The lowest BCUT2D eigenvalue weighted by molar-refractivity contribution is -0.385. The number of amides is 1. The Hall–Kier alpha value is -2.44. The zero-order valence-corrected chi connectivity index (χ0v) is 10.0. The Morgan fingerprint density at radius 1 is 1.61 bits per heavy atom. The number of carbonyl (C=O) groups excluding carboxylic acids is 1. The lowest BCUT2D eigenvalue weighted by Gasteiger charge is -2.13. The molecule has 1 N–H and O–H groups in total. The van der Waals surface area contributed by atoms with Crippen LogP contribution in [0.5, 0.6) is 0 Å². The number of H-pyrrole nitrogens is 1. The molecule has 0 unspecified atom stereocenters.